The molecule has 0 radical (unpaired) electrons. The molecule has 20 heavy (non-hydrogen) atoms. The number of ether oxygens (including phenoxy) is 2. The molecule has 0 aromatic heterocycles. The van der Waals surface area contributed by atoms with Gasteiger partial charge in [-0.3, -0.25) is 0 Å². The predicted octanol–water partition coefficient (Wildman–Crippen LogP) is 3.33. The summed E-state index contributed by atoms with van der Waals surface area (Å²) in [5, 5.41) is 0. The molecule has 3 atom stereocenters. The van der Waals surface area contributed by atoms with E-state index in [0.29, 0.717) is 24.4 Å². The van der Waals surface area contributed by atoms with Crippen molar-refractivity contribution in [2.24, 2.45) is 17.8 Å². The van der Waals surface area contributed by atoms with Crippen molar-refractivity contribution in [1.29, 1.82) is 0 Å². The van der Waals surface area contributed by atoms with Gasteiger partial charge in [-0.05, 0) is 37.0 Å². The lowest BCUT2D eigenvalue weighted by atomic mass is 9.75. The maximum absolute atomic E-state index is 11.8. The average molecular weight is 284 g/mol. The van der Waals surface area contributed by atoms with Crippen molar-refractivity contribution in [3.05, 3.63) is 0 Å². The van der Waals surface area contributed by atoms with E-state index in [2.05, 4.69) is 20.8 Å². The second-order valence-corrected chi connectivity index (χ2v) is 6.26. The van der Waals surface area contributed by atoms with Crippen LogP contribution in [0, 0.1) is 17.8 Å². The van der Waals surface area contributed by atoms with Gasteiger partial charge in [-0.1, -0.05) is 40.5 Å². The van der Waals surface area contributed by atoms with Crippen molar-refractivity contribution < 1.29 is 19.1 Å². The number of hydrogen-bond donors (Lipinski definition) is 0. The number of carbonyl (C=O) groups is 2. The first-order valence-electron chi connectivity index (χ1n) is 7.83. The molecule has 1 aliphatic rings. The molecule has 116 valence electrons. The molecule has 0 aliphatic heterocycles. The molecule has 0 N–H and O–H groups in total. The van der Waals surface area contributed by atoms with Crippen molar-refractivity contribution in [2.75, 3.05) is 6.61 Å². The standard InChI is InChI=1S/C16H28O4/c1-5-6-9-19-15(17)16(18)20-14-10-12(4)7-8-13(14)11(2)3/h11-14H,5-10H2,1-4H3. The lowest BCUT2D eigenvalue weighted by Gasteiger charge is -2.36. The second-order valence-electron chi connectivity index (χ2n) is 6.26. The number of carbonyl (C=O) groups excluding carboxylic acids is 2. The van der Waals surface area contributed by atoms with Crippen molar-refractivity contribution >= 4 is 11.9 Å². The Morgan fingerprint density at radius 2 is 1.90 bits per heavy atom. The largest absolute Gasteiger partial charge is 0.457 e. The predicted molar refractivity (Wildman–Crippen MR) is 77.1 cm³/mol. The zero-order valence-corrected chi connectivity index (χ0v) is 13.2. The molecule has 4 nitrogen and oxygen atoms in total. The first-order valence-corrected chi connectivity index (χ1v) is 7.83. The molecule has 0 saturated heterocycles. The maximum atomic E-state index is 11.8. The molecule has 3 unspecified atom stereocenters. The van der Waals surface area contributed by atoms with Gasteiger partial charge in [-0.2, -0.15) is 0 Å². The monoisotopic (exact) mass is 284 g/mol. The van der Waals surface area contributed by atoms with Crippen LogP contribution in [-0.4, -0.2) is 24.6 Å². The summed E-state index contributed by atoms with van der Waals surface area (Å²) in [6.45, 7) is 8.74. The van der Waals surface area contributed by atoms with E-state index < -0.39 is 11.9 Å². The number of hydrogen-bond acceptors (Lipinski definition) is 4. The molecule has 0 aromatic carbocycles. The van der Waals surface area contributed by atoms with Crippen LogP contribution in [0.4, 0.5) is 0 Å². The van der Waals surface area contributed by atoms with E-state index in [1.54, 1.807) is 0 Å². The normalized spacial score (nSPS) is 26.4. The van der Waals surface area contributed by atoms with Gasteiger partial charge in [0.25, 0.3) is 0 Å². The van der Waals surface area contributed by atoms with Crippen LogP contribution in [0.1, 0.15) is 59.8 Å². The van der Waals surface area contributed by atoms with E-state index in [9.17, 15) is 9.59 Å². The van der Waals surface area contributed by atoms with E-state index in [0.717, 1.165) is 32.1 Å². The molecule has 1 fully saturated rings. The zero-order valence-electron chi connectivity index (χ0n) is 13.2. The Hall–Kier alpha value is -1.06. The van der Waals surface area contributed by atoms with Gasteiger partial charge in [-0.15, -0.1) is 0 Å². The fourth-order valence-corrected chi connectivity index (χ4v) is 2.80. The highest BCUT2D eigenvalue weighted by Gasteiger charge is 2.35. The van der Waals surface area contributed by atoms with Crippen LogP contribution >= 0.6 is 0 Å². The van der Waals surface area contributed by atoms with Crippen molar-refractivity contribution in [3.8, 4) is 0 Å². The maximum Gasteiger partial charge on any atom is 0.417 e. The Kier molecular flexibility index (Phi) is 7.03. The Labute approximate surface area is 122 Å². The number of esters is 2. The molecular formula is C16H28O4. The van der Waals surface area contributed by atoms with E-state index in [1.165, 1.54) is 0 Å². The van der Waals surface area contributed by atoms with Crippen molar-refractivity contribution in [1.82, 2.24) is 0 Å². The average Bonchev–Trinajstić information content (AvgIpc) is 2.38. The van der Waals surface area contributed by atoms with Crippen molar-refractivity contribution in [2.45, 2.75) is 65.9 Å². The van der Waals surface area contributed by atoms with Gasteiger partial charge in [0.1, 0.15) is 6.10 Å². The highest BCUT2D eigenvalue weighted by molar-refractivity contribution is 6.29. The van der Waals surface area contributed by atoms with Crippen LogP contribution in [0.3, 0.4) is 0 Å². The van der Waals surface area contributed by atoms with Gasteiger partial charge >= 0.3 is 11.9 Å². The van der Waals surface area contributed by atoms with Gasteiger partial charge in [0.15, 0.2) is 0 Å². The molecular weight excluding hydrogens is 256 g/mol. The van der Waals surface area contributed by atoms with E-state index >= 15 is 0 Å². The van der Waals surface area contributed by atoms with Gasteiger partial charge < -0.3 is 9.47 Å². The Morgan fingerprint density at radius 3 is 2.50 bits per heavy atom. The molecule has 1 rings (SSSR count). The fraction of sp³-hybridized carbons (Fsp3) is 0.875. The van der Waals surface area contributed by atoms with Gasteiger partial charge in [0.05, 0.1) is 6.61 Å². The summed E-state index contributed by atoms with van der Waals surface area (Å²) in [5.41, 5.74) is 0. The summed E-state index contributed by atoms with van der Waals surface area (Å²) in [6.07, 6.45) is 4.62. The van der Waals surface area contributed by atoms with E-state index in [4.69, 9.17) is 9.47 Å². The lowest BCUT2D eigenvalue weighted by Crippen LogP contribution is -2.37. The van der Waals surface area contributed by atoms with Gasteiger partial charge in [-0.25, -0.2) is 9.59 Å². The molecule has 0 spiro atoms. The van der Waals surface area contributed by atoms with Crippen LogP contribution in [-0.2, 0) is 19.1 Å². The third-order valence-electron chi connectivity index (χ3n) is 4.12. The third kappa shape index (κ3) is 5.14. The summed E-state index contributed by atoms with van der Waals surface area (Å²) in [4.78, 5) is 23.3. The quantitative estimate of drug-likeness (QED) is 0.441. The summed E-state index contributed by atoms with van der Waals surface area (Å²) >= 11 is 0. The molecule has 0 amide bonds. The topological polar surface area (TPSA) is 52.6 Å². The minimum absolute atomic E-state index is 0.148. The van der Waals surface area contributed by atoms with E-state index in [1.807, 2.05) is 6.92 Å². The molecule has 1 saturated carbocycles. The summed E-state index contributed by atoms with van der Waals surface area (Å²) < 4.78 is 10.3. The summed E-state index contributed by atoms with van der Waals surface area (Å²) in [5.74, 6) is -0.334. The highest BCUT2D eigenvalue weighted by Crippen LogP contribution is 2.35. The van der Waals surface area contributed by atoms with Gasteiger partial charge in [0, 0.05) is 0 Å². The number of unbranched alkanes of at least 4 members (excludes halogenated alkanes) is 1. The summed E-state index contributed by atoms with van der Waals surface area (Å²) in [7, 11) is 0. The Bertz CT molecular complexity index is 324. The lowest BCUT2D eigenvalue weighted by molar-refractivity contribution is -0.175. The molecule has 1 aliphatic carbocycles. The molecule has 4 heteroatoms. The molecule has 0 heterocycles. The minimum atomic E-state index is -0.848. The van der Waals surface area contributed by atoms with E-state index in [-0.39, 0.29) is 6.10 Å². The fourth-order valence-electron chi connectivity index (χ4n) is 2.80. The minimum Gasteiger partial charge on any atom is -0.457 e. The zero-order chi connectivity index (χ0) is 15.1. The van der Waals surface area contributed by atoms with Crippen LogP contribution in [0.2, 0.25) is 0 Å². The van der Waals surface area contributed by atoms with Gasteiger partial charge in [0.2, 0.25) is 0 Å². The Balaban J connectivity index is 2.50. The smallest absolute Gasteiger partial charge is 0.417 e. The highest BCUT2D eigenvalue weighted by atomic mass is 16.6. The molecule has 0 bridgehead atoms. The third-order valence-corrected chi connectivity index (χ3v) is 4.12. The van der Waals surface area contributed by atoms with Crippen LogP contribution < -0.4 is 0 Å². The second kappa shape index (κ2) is 8.28. The first-order chi connectivity index (χ1) is 9.45. The Morgan fingerprint density at radius 1 is 1.20 bits per heavy atom. The SMILES string of the molecule is CCCCOC(=O)C(=O)OC1CC(C)CCC1C(C)C. The van der Waals surface area contributed by atoms with Crippen LogP contribution in [0.25, 0.3) is 0 Å². The van der Waals surface area contributed by atoms with Crippen LogP contribution in [0.15, 0.2) is 0 Å². The first kappa shape index (κ1) is 17.0. The number of rotatable bonds is 5. The van der Waals surface area contributed by atoms with Crippen molar-refractivity contribution in [3.63, 3.8) is 0 Å². The molecule has 0 aromatic rings. The van der Waals surface area contributed by atoms with Crippen LogP contribution in [0.5, 0.6) is 0 Å². The summed E-state index contributed by atoms with van der Waals surface area (Å²) in [6, 6.07) is 0.